The summed E-state index contributed by atoms with van der Waals surface area (Å²) < 4.78 is 47.1. The number of fused-ring (bicyclic) bond motifs is 1. The Morgan fingerprint density at radius 3 is 2.28 bits per heavy atom. The number of aliphatic hydroxyl groups excluding tert-OH is 5. The molecule has 2 aromatic carbocycles. The Bertz CT molecular complexity index is 1580. The lowest BCUT2D eigenvalue weighted by molar-refractivity contribution is -0.155. The van der Waals surface area contributed by atoms with Gasteiger partial charge in [-0.15, -0.1) is 0 Å². The number of aromatic hydroxyl groups is 1. The summed E-state index contributed by atoms with van der Waals surface area (Å²) in [5, 5.41) is 66.6. The number of sulfone groups is 1. The quantitative estimate of drug-likeness (QED) is 0.168. The van der Waals surface area contributed by atoms with E-state index < -0.39 is 76.9 Å². The normalized spacial score (nSPS) is 33.5. The summed E-state index contributed by atoms with van der Waals surface area (Å²) in [4.78, 5) is 12.9. The Kier molecular flexibility index (Phi) is 10.2. The Balaban J connectivity index is 1.21. The largest absolute Gasteiger partial charge is 0.504 e. The van der Waals surface area contributed by atoms with Crippen LogP contribution in [0.2, 0.25) is 0 Å². The molecule has 7 N–H and O–H groups in total. The van der Waals surface area contributed by atoms with Gasteiger partial charge in [-0.1, -0.05) is 36.4 Å². The van der Waals surface area contributed by atoms with Gasteiger partial charge >= 0.3 is 0 Å². The van der Waals surface area contributed by atoms with Crippen LogP contribution in [-0.2, 0) is 34.6 Å². The standard InChI is InChI=1S/C31H37NO13S/c1-15(30(39)32-21-22(34)24(36)29-28(23(21)35)42-14-43-29)10-18-8-9-20(19(33)11-18)44-31-26(38)25(37)27(45-31)16(2)12-46(40,41)13-17-6-4-3-5-7-17/h3-12,21-29,31,33-38H,13-14H2,1-2H3,(H,32,39)/t21-,22+,23-,24-,25+,26+,27-,28+,29-,31-/m1/s1. The van der Waals surface area contributed by atoms with Gasteiger partial charge in [-0.3, -0.25) is 4.79 Å². The van der Waals surface area contributed by atoms with E-state index in [4.69, 9.17) is 18.9 Å². The Hall–Kier alpha value is -3.38. The van der Waals surface area contributed by atoms with Crippen molar-refractivity contribution < 1.29 is 62.8 Å². The highest BCUT2D eigenvalue weighted by Gasteiger charge is 2.53. The highest BCUT2D eigenvalue weighted by Crippen LogP contribution is 2.34. The summed E-state index contributed by atoms with van der Waals surface area (Å²) in [5.74, 6) is -1.43. The molecule has 2 aromatic rings. The maximum atomic E-state index is 12.9. The van der Waals surface area contributed by atoms with Crippen molar-refractivity contribution in [2.24, 2.45) is 0 Å². The fraction of sp³-hybridized carbons (Fsp3) is 0.452. The second-order valence-electron chi connectivity index (χ2n) is 11.6. The number of carbonyl (C=O) groups is 1. The van der Waals surface area contributed by atoms with Crippen molar-refractivity contribution in [1.82, 2.24) is 5.32 Å². The molecule has 10 atom stereocenters. The Morgan fingerprint density at radius 1 is 0.935 bits per heavy atom. The second-order valence-corrected chi connectivity index (χ2v) is 13.4. The molecule has 14 nitrogen and oxygen atoms in total. The van der Waals surface area contributed by atoms with Crippen molar-refractivity contribution in [1.29, 1.82) is 0 Å². The average molecular weight is 664 g/mol. The van der Waals surface area contributed by atoms with Crippen LogP contribution in [0, 0.1) is 0 Å². The first-order chi connectivity index (χ1) is 21.8. The fourth-order valence-electron chi connectivity index (χ4n) is 5.70. The molecular formula is C31H37NO13S. The van der Waals surface area contributed by atoms with Gasteiger partial charge in [0, 0.05) is 11.0 Å². The maximum absolute atomic E-state index is 12.9. The van der Waals surface area contributed by atoms with E-state index in [0.717, 1.165) is 5.41 Å². The van der Waals surface area contributed by atoms with Crippen LogP contribution >= 0.6 is 0 Å². The summed E-state index contributed by atoms with van der Waals surface area (Å²) in [6.45, 7) is 2.75. The van der Waals surface area contributed by atoms with Crippen LogP contribution in [0.3, 0.4) is 0 Å². The molecule has 1 saturated carbocycles. The van der Waals surface area contributed by atoms with Crippen molar-refractivity contribution in [3.63, 3.8) is 0 Å². The zero-order chi connectivity index (χ0) is 33.3. The molecule has 5 rings (SSSR count). The molecule has 15 heteroatoms. The topological polar surface area (TPSA) is 222 Å². The van der Waals surface area contributed by atoms with Crippen LogP contribution in [0.4, 0.5) is 0 Å². The summed E-state index contributed by atoms with van der Waals surface area (Å²) in [6, 6.07) is 11.4. The predicted octanol–water partition coefficient (Wildman–Crippen LogP) is -0.538. The number of ether oxygens (including phenoxy) is 4. The lowest BCUT2D eigenvalue weighted by Gasteiger charge is -2.41. The van der Waals surface area contributed by atoms with E-state index in [-0.39, 0.29) is 35.2 Å². The fourth-order valence-corrected chi connectivity index (χ4v) is 7.14. The van der Waals surface area contributed by atoms with Crippen molar-refractivity contribution in [2.45, 2.75) is 80.8 Å². The van der Waals surface area contributed by atoms with E-state index >= 15 is 0 Å². The van der Waals surface area contributed by atoms with Crippen molar-refractivity contribution >= 4 is 21.8 Å². The average Bonchev–Trinajstić information content (AvgIpc) is 3.61. The van der Waals surface area contributed by atoms with Crippen LogP contribution in [-0.4, -0.2) is 113 Å². The molecule has 0 radical (unpaired) electrons. The minimum atomic E-state index is -3.73. The number of hydrogen-bond donors (Lipinski definition) is 7. The monoisotopic (exact) mass is 663 g/mol. The Morgan fingerprint density at radius 2 is 1.61 bits per heavy atom. The summed E-state index contributed by atoms with van der Waals surface area (Å²) in [7, 11) is -3.73. The molecule has 2 saturated heterocycles. The van der Waals surface area contributed by atoms with Gasteiger partial charge in [0.25, 0.3) is 0 Å². The zero-order valence-electron chi connectivity index (χ0n) is 24.9. The van der Waals surface area contributed by atoms with E-state index in [1.165, 1.54) is 38.1 Å². The number of phenols is 1. The van der Waals surface area contributed by atoms with E-state index in [2.05, 4.69) is 5.32 Å². The van der Waals surface area contributed by atoms with Gasteiger partial charge in [0.05, 0.1) is 11.8 Å². The minimum Gasteiger partial charge on any atom is -0.504 e. The SMILES string of the molecule is CC(=Cc1ccc(O[C@@H]2O[C@H](C(C)=CS(=O)(=O)Cc3ccccc3)[C@@H](O)[C@@H]2O)c(O)c1)C(=O)N[C@@H]1[C@H](O)[C@@H](O)[C@H]2OCO[C@H]2[C@@H]1O. The van der Waals surface area contributed by atoms with Gasteiger partial charge in [0.1, 0.15) is 55.6 Å². The Labute approximate surface area is 265 Å². The van der Waals surface area contributed by atoms with E-state index in [1.54, 1.807) is 30.3 Å². The molecule has 0 unspecified atom stereocenters. The molecule has 0 aromatic heterocycles. The molecule has 250 valence electrons. The summed E-state index contributed by atoms with van der Waals surface area (Å²) >= 11 is 0. The molecule has 0 spiro atoms. The van der Waals surface area contributed by atoms with E-state index in [0.29, 0.717) is 11.1 Å². The van der Waals surface area contributed by atoms with Crippen molar-refractivity contribution in [3.8, 4) is 11.5 Å². The molecule has 2 heterocycles. The van der Waals surface area contributed by atoms with E-state index in [9.17, 15) is 43.9 Å². The minimum absolute atomic E-state index is 0.120. The first-order valence-electron chi connectivity index (χ1n) is 14.5. The number of benzene rings is 2. The lowest BCUT2D eigenvalue weighted by Crippen LogP contribution is -2.67. The lowest BCUT2D eigenvalue weighted by atomic mass is 9.83. The third kappa shape index (κ3) is 7.27. The number of carbonyl (C=O) groups excluding carboxylic acids is 1. The van der Waals surface area contributed by atoms with Gasteiger partial charge < -0.3 is 54.9 Å². The number of amides is 1. The molecule has 0 bridgehead atoms. The summed E-state index contributed by atoms with van der Waals surface area (Å²) in [6.07, 6.45) is -10.4. The van der Waals surface area contributed by atoms with Gasteiger partial charge in [0.2, 0.25) is 12.2 Å². The molecule has 3 fully saturated rings. The van der Waals surface area contributed by atoms with Gasteiger partial charge in [-0.05, 0) is 48.8 Å². The highest BCUT2D eigenvalue weighted by atomic mass is 32.2. The van der Waals surface area contributed by atoms with Crippen LogP contribution in [0.5, 0.6) is 11.5 Å². The third-order valence-corrected chi connectivity index (χ3v) is 9.58. The molecule has 2 aliphatic heterocycles. The summed E-state index contributed by atoms with van der Waals surface area (Å²) in [5.41, 5.74) is 1.24. The zero-order valence-corrected chi connectivity index (χ0v) is 25.7. The second kappa shape index (κ2) is 13.8. The van der Waals surface area contributed by atoms with Crippen LogP contribution in [0.1, 0.15) is 25.0 Å². The number of hydrogen-bond acceptors (Lipinski definition) is 13. The molecule has 3 aliphatic rings. The van der Waals surface area contributed by atoms with Gasteiger partial charge in [-0.2, -0.15) is 0 Å². The third-order valence-electron chi connectivity index (χ3n) is 8.11. The van der Waals surface area contributed by atoms with Gasteiger partial charge in [-0.25, -0.2) is 8.42 Å². The van der Waals surface area contributed by atoms with Crippen LogP contribution in [0.15, 0.2) is 65.1 Å². The van der Waals surface area contributed by atoms with Crippen molar-refractivity contribution in [2.75, 3.05) is 6.79 Å². The molecule has 1 amide bonds. The first kappa shape index (κ1) is 34.0. The van der Waals surface area contributed by atoms with Crippen molar-refractivity contribution in [3.05, 3.63) is 76.2 Å². The smallest absolute Gasteiger partial charge is 0.247 e. The highest BCUT2D eigenvalue weighted by molar-refractivity contribution is 7.93. The predicted molar refractivity (Wildman–Crippen MR) is 160 cm³/mol. The van der Waals surface area contributed by atoms with Gasteiger partial charge in [0.15, 0.2) is 21.3 Å². The van der Waals surface area contributed by atoms with E-state index in [1.807, 2.05) is 0 Å². The first-order valence-corrected chi connectivity index (χ1v) is 16.2. The molecule has 46 heavy (non-hydrogen) atoms. The maximum Gasteiger partial charge on any atom is 0.247 e. The molecular weight excluding hydrogens is 626 g/mol. The number of phenolic OH excluding ortho intramolecular Hbond substituents is 1. The number of aliphatic hydroxyl groups is 5. The van der Waals surface area contributed by atoms with Crippen LogP contribution < -0.4 is 10.1 Å². The van der Waals surface area contributed by atoms with Crippen LogP contribution in [0.25, 0.3) is 6.08 Å². The number of nitrogens with one attached hydrogen (secondary N) is 1. The number of rotatable bonds is 9. The molecule has 1 aliphatic carbocycles.